The summed E-state index contributed by atoms with van der Waals surface area (Å²) in [5, 5.41) is 7.29. The molecule has 1 N–H and O–H groups in total. The zero-order valence-electron chi connectivity index (χ0n) is 9.56. The van der Waals surface area contributed by atoms with Gasteiger partial charge in [0.15, 0.2) is 0 Å². The molecule has 0 radical (unpaired) electrons. The molecule has 1 atom stereocenters. The number of aryl methyl sites for hydroxylation is 1. The maximum atomic E-state index is 5.29. The fourth-order valence-corrected chi connectivity index (χ4v) is 1.58. The summed E-state index contributed by atoms with van der Waals surface area (Å²) in [7, 11) is 0. The number of aromatic nitrogens is 1. The minimum absolute atomic E-state index is 0.350. The molecular formula is C12H16N2O2. The topological polar surface area (TPSA) is 51.2 Å². The van der Waals surface area contributed by atoms with E-state index in [9.17, 15) is 0 Å². The molecule has 4 nitrogen and oxygen atoms in total. The van der Waals surface area contributed by atoms with E-state index >= 15 is 0 Å². The van der Waals surface area contributed by atoms with Crippen LogP contribution >= 0.6 is 0 Å². The van der Waals surface area contributed by atoms with Gasteiger partial charge in [-0.1, -0.05) is 5.16 Å². The largest absolute Gasteiger partial charge is 0.469 e. The number of furan rings is 1. The van der Waals surface area contributed by atoms with E-state index in [2.05, 4.69) is 17.4 Å². The predicted octanol–water partition coefficient (Wildman–Crippen LogP) is 2.30. The smallest absolute Gasteiger partial charge is 0.133 e. The molecule has 0 bridgehead atoms. The van der Waals surface area contributed by atoms with E-state index in [-0.39, 0.29) is 0 Å². The lowest BCUT2D eigenvalue weighted by Gasteiger charge is -2.10. The number of hydrogen-bond donors (Lipinski definition) is 1. The van der Waals surface area contributed by atoms with Crippen LogP contribution in [-0.4, -0.2) is 11.2 Å². The van der Waals surface area contributed by atoms with Gasteiger partial charge < -0.3 is 14.3 Å². The summed E-state index contributed by atoms with van der Waals surface area (Å²) in [6.07, 6.45) is 2.58. The molecule has 0 aliphatic carbocycles. The van der Waals surface area contributed by atoms with Crippen LogP contribution in [0.2, 0.25) is 0 Å². The second-order valence-electron chi connectivity index (χ2n) is 3.99. The number of rotatable bonds is 5. The van der Waals surface area contributed by atoms with Crippen LogP contribution in [0, 0.1) is 6.92 Å². The molecule has 1 unspecified atom stereocenters. The first-order valence-corrected chi connectivity index (χ1v) is 5.42. The minimum atomic E-state index is 0.350. The Morgan fingerprint density at radius 1 is 1.50 bits per heavy atom. The van der Waals surface area contributed by atoms with Crippen molar-refractivity contribution in [2.75, 3.05) is 0 Å². The van der Waals surface area contributed by atoms with E-state index < -0.39 is 0 Å². The maximum absolute atomic E-state index is 5.29. The molecule has 0 aliphatic heterocycles. The second kappa shape index (κ2) is 4.99. The molecule has 4 heteroatoms. The summed E-state index contributed by atoms with van der Waals surface area (Å²) in [6, 6.07) is 6.18. The van der Waals surface area contributed by atoms with Crippen molar-refractivity contribution >= 4 is 0 Å². The highest BCUT2D eigenvalue weighted by Crippen LogP contribution is 2.05. The van der Waals surface area contributed by atoms with Crippen LogP contribution in [0.25, 0.3) is 0 Å². The predicted molar refractivity (Wildman–Crippen MR) is 60.0 cm³/mol. The molecule has 0 fully saturated rings. The number of nitrogens with one attached hydrogen (secondary N) is 1. The van der Waals surface area contributed by atoms with Crippen molar-refractivity contribution in [3.63, 3.8) is 0 Å². The van der Waals surface area contributed by atoms with Gasteiger partial charge in [0.1, 0.15) is 11.5 Å². The summed E-state index contributed by atoms with van der Waals surface area (Å²) < 4.78 is 10.3. The first-order chi connectivity index (χ1) is 7.74. The molecule has 86 valence electrons. The van der Waals surface area contributed by atoms with Crippen molar-refractivity contribution in [2.45, 2.75) is 32.9 Å². The van der Waals surface area contributed by atoms with Crippen molar-refractivity contribution in [3.8, 4) is 0 Å². The van der Waals surface area contributed by atoms with E-state index in [1.807, 2.05) is 25.1 Å². The van der Waals surface area contributed by atoms with Crippen molar-refractivity contribution in [1.29, 1.82) is 0 Å². The highest BCUT2D eigenvalue weighted by Gasteiger charge is 2.06. The molecule has 0 aromatic carbocycles. The first kappa shape index (κ1) is 11.0. The second-order valence-corrected chi connectivity index (χ2v) is 3.99. The van der Waals surface area contributed by atoms with Crippen LogP contribution < -0.4 is 5.32 Å². The third-order valence-corrected chi connectivity index (χ3v) is 2.40. The van der Waals surface area contributed by atoms with Crippen LogP contribution in [0.5, 0.6) is 0 Å². The fraction of sp³-hybridized carbons (Fsp3) is 0.417. The maximum Gasteiger partial charge on any atom is 0.133 e. The van der Waals surface area contributed by atoms with Gasteiger partial charge in [-0.2, -0.15) is 0 Å². The molecule has 0 spiro atoms. The van der Waals surface area contributed by atoms with Gasteiger partial charge >= 0.3 is 0 Å². The Hall–Kier alpha value is -1.55. The highest BCUT2D eigenvalue weighted by atomic mass is 16.5. The molecule has 2 heterocycles. The Morgan fingerprint density at radius 3 is 3.00 bits per heavy atom. The van der Waals surface area contributed by atoms with Crippen molar-refractivity contribution in [3.05, 3.63) is 41.7 Å². The Kier molecular flexibility index (Phi) is 3.41. The lowest BCUT2D eigenvalue weighted by atomic mass is 10.2. The Bertz CT molecular complexity index is 420. The van der Waals surface area contributed by atoms with Gasteiger partial charge in [-0.05, 0) is 26.0 Å². The average Bonchev–Trinajstić information content (AvgIpc) is 2.87. The molecule has 2 aromatic rings. The van der Waals surface area contributed by atoms with Crippen molar-refractivity contribution in [2.24, 2.45) is 0 Å². The Morgan fingerprint density at radius 2 is 2.38 bits per heavy atom. The molecule has 16 heavy (non-hydrogen) atoms. The molecule has 0 saturated carbocycles. The van der Waals surface area contributed by atoms with Gasteiger partial charge in [-0.15, -0.1) is 0 Å². The van der Waals surface area contributed by atoms with Crippen LogP contribution in [0.3, 0.4) is 0 Å². The molecule has 0 amide bonds. The third kappa shape index (κ3) is 2.97. The van der Waals surface area contributed by atoms with E-state index in [0.29, 0.717) is 6.04 Å². The van der Waals surface area contributed by atoms with Gasteiger partial charge in [-0.25, -0.2) is 0 Å². The molecule has 0 saturated heterocycles. The molecular weight excluding hydrogens is 204 g/mol. The highest BCUT2D eigenvalue weighted by molar-refractivity contribution is 5.04. The first-order valence-electron chi connectivity index (χ1n) is 5.42. The number of hydrogen-bond acceptors (Lipinski definition) is 4. The monoisotopic (exact) mass is 220 g/mol. The minimum Gasteiger partial charge on any atom is -0.469 e. The summed E-state index contributed by atoms with van der Waals surface area (Å²) in [4.78, 5) is 0. The standard InChI is InChI=1S/C12H16N2O2/c1-9(6-12-4-3-5-15-12)13-8-11-7-10(2)16-14-11/h3-5,7,9,13H,6,8H2,1-2H3. The Labute approximate surface area is 94.6 Å². The van der Waals surface area contributed by atoms with E-state index in [4.69, 9.17) is 8.94 Å². The lowest BCUT2D eigenvalue weighted by molar-refractivity contribution is 0.384. The molecule has 2 rings (SSSR count). The summed E-state index contributed by atoms with van der Waals surface area (Å²) in [6.45, 7) is 4.73. The third-order valence-electron chi connectivity index (χ3n) is 2.40. The van der Waals surface area contributed by atoms with E-state index in [1.54, 1.807) is 6.26 Å². The van der Waals surface area contributed by atoms with E-state index in [1.165, 1.54) is 0 Å². The lowest BCUT2D eigenvalue weighted by Crippen LogP contribution is -2.27. The van der Waals surface area contributed by atoms with Gasteiger partial charge in [0.25, 0.3) is 0 Å². The van der Waals surface area contributed by atoms with Crippen LogP contribution in [-0.2, 0) is 13.0 Å². The summed E-state index contributed by atoms with van der Waals surface area (Å²) in [5.74, 6) is 1.84. The van der Waals surface area contributed by atoms with Gasteiger partial charge in [0.05, 0.1) is 12.0 Å². The molecule has 0 aliphatic rings. The fourth-order valence-electron chi connectivity index (χ4n) is 1.58. The van der Waals surface area contributed by atoms with E-state index in [0.717, 1.165) is 30.2 Å². The van der Waals surface area contributed by atoms with Crippen molar-refractivity contribution in [1.82, 2.24) is 10.5 Å². The zero-order valence-corrected chi connectivity index (χ0v) is 9.56. The zero-order chi connectivity index (χ0) is 11.4. The van der Waals surface area contributed by atoms with Crippen LogP contribution in [0.1, 0.15) is 24.1 Å². The van der Waals surface area contributed by atoms with Crippen LogP contribution in [0.4, 0.5) is 0 Å². The van der Waals surface area contributed by atoms with Crippen molar-refractivity contribution < 1.29 is 8.94 Å². The quantitative estimate of drug-likeness (QED) is 0.840. The van der Waals surface area contributed by atoms with Gasteiger partial charge in [0, 0.05) is 25.1 Å². The van der Waals surface area contributed by atoms with Gasteiger partial charge in [0.2, 0.25) is 0 Å². The SMILES string of the molecule is Cc1cc(CNC(C)Cc2ccco2)no1. The summed E-state index contributed by atoms with van der Waals surface area (Å²) >= 11 is 0. The summed E-state index contributed by atoms with van der Waals surface area (Å²) in [5.41, 5.74) is 0.934. The Balaban J connectivity index is 1.77. The van der Waals surface area contributed by atoms with Crippen LogP contribution in [0.15, 0.2) is 33.4 Å². The van der Waals surface area contributed by atoms with Gasteiger partial charge in [-0.3, -0.25) is 0 Å². The molecule has 2 aromatic heterocycles. The normalized spacial score (nSPS) is 12.9. The average molecular weight is 220 g/mol. The number of nitrogens with zero attached hydrogens (tertiary/aromatic N) is 1.